The molecule has 1 aliphatic rings. The van der Waals surface area contributed by atoms with E-state index in [4.69, 9.17) is 28.6 Å². The van der Waals surface area contributed by atoms with Gasteiger partial charge in [-0.15, -0.1) is 23.1 Å². The van der Waals surface area contributed by atoms with Crippen molar-refractivity contribution >= 4 is 64.5 Å². The molecule has 154 valence electrons. The van der Waals surface area contributed by atoms with Crippen LogP contribution in [0.4, 0.5) is 0 Å². The Kier molecular flexibility index (Phi) is 6.46. The summed E-state index contributed by atoms with van der Waals surface area (Å²) in [6.45, 7) is 0. The molecule has 2 aromatic carbocycles. The molecule has 1 unspecified atom stereocenters. The van der Waals surface area contributed by atoms with Gasteiger partial charge in [0.1, 0.15) is 5.75 Å². The summed E-state index contributed by atoms with van der Waals surface area (Å²) in [6, 6.07) is 15.0. The number of halogens is 1. The maximum atomic E-state index is 13.7. The second-order valence-electron chi connectivity index (χ2n) is 6.65. The van der Waals surface area contributed by atoms with E-state index in [2.05, 4.69) is 0 Å². The van der Waals surface area contributed by atoms with Gasteiger partial charge in [0.05, 0.1) is 27.2 Å². The Bertz CT molecular complexity index is 1190. The molecule has 1 aromatic heterocycles. The van der Waals surface area contributed by atoms with Crippen LogP contribution in [0.1, 0.15) is 26.7 Å². The summed E-state index contributed by atoms with van der Waals surface area (Å²) in [6.07, 6.45) is 2.01. The highest BCUT2D eigenvalue weighted by Gasteiger charge is 2.37. The first-order valence-electron chi connectivity index (χ1n) is 9.04. The van der Waals surface area contributed by atoms with Gasteiger partial charge in [-0.2, -0.15) is 0 Å². The molecule has 1 atom stereocenters. The van der Waals surface area contributed by atoms with E-state index in [0.717, 1.165) is 35.0 Å². The minimum Gasteiger partial charge on any atom is -0.497 e. The molecular formula is C22H18ClNO2S4. The van der Waals surface area contributed by atoms with Gasteiger partial charge >= 0.3 is 0 Å². The molecule has 4 rings (SSSR count). The van der Waals surface area contributed by atoms with Crippen LogP contribution in [0.25, 0.3) is 0 Å². The fourth-order valence-electron chi connectivity index (χ4n) is 3.39. The van der Waals surface area contributed by atoms with Gasteiger partial charge in [-0.1, -0.05) is 35.5 Å². The van der Waals surface area contributed by atoms with Crippen molar-refractivity contribution in [1.29, 1.82) is 0 Å². The number of ketones is 1. The van der Waals surface area contributed by atoms with E-state index in [1.54, 1.807) is 66.2 Å². The number of hydrogen-bond acceptors (Lipinski definition) is 6. The van der Waals surface area contributed by atoms with Crippen molar-refractivity contribution in [3.05, 3.63) is 83.3 Å². The largest absolute Gasteiger partial charge is 0.497 e. The zero-order chi connectivity index (χ0) is 21.4. The number of allylic oxidation sites excluding steroid dienone is 1. The van der Waals surface area contributed by atoms with E-state index >= 15 is 0 Å². The molecule has 8 heteroatoms. The third kappa shape index (κ3) is 3.89. The molecule has 2 heterocycles. The Labute approximate surface area is 198 Å². The number of thioether (sulfide) groups is 2. The number of carbonyl (C=O) groups is 1. The molecule has 30 heavy (non-hydrogen) atoms. The van der Waals surface area contributed by atoms with Crippen LogP contribution in [0.3, 0.4) is 0 Å². The Morgan fingerprint density at radius 3 is 2.43 bits per heavy atom. The molecule has 0 amide bonds. The lowest BCUT2D eigenvalue weighted by Gasteiger charge is -2.27. The van der Waals surface area contributed by atoms with Crippen molar-refractivity contribution in [1.82, 2.24) is 4.57 Å². The van der Waals surface area contributed by atoms with Gasteiger partial charge in [0, 0.05) is 23.2 Å². The maximum Gasteiger partial charge on any atom is 0.191 e. The standard InChI is InChI=1S/C22H18ClNO2S4/c1-24-20-19(29-22(24)27)16(12-6-10-15(26-2)11-7-12)17(21(28-3)30-20)18(25)13-4-8-14(23)9-5-13/h4-11,16H,1-3H3. The molecule has 0 saturated carbocycles. The molecule has 1 aliphatic heterocycles. The molecule has 0 spiro atoms. The lowest BCUT2D eigenvalue weighted by atomic mass is 9.86. The van der Waals surface area contributed by atoms with Crippen molar-refractivity contribution in [2.45, 2.75) is 10.9 Å². The minimum absolute atomic E-state index is 0.0111. The fraction of sp³-hybridized carbons (Fsp3) is 0.182. The zero-order valence-electron chi connectivity index (χ0n) is 16.5. The van der Waals surface area contributed by atoms with Crippen LogP contribution < -0.4 is 4.74 Å². The number of ether oxygens (including phenoxy) is 1. The number of fused-ring (bicyclic) bond motifs is 1. The zero-order valence-corrected chi connectivity index (χ0v) is 20.5. The first-order chi connectivity index (χ1) is 14.4. The average Bonchev–Trinajstić information content (AvgIpc) is 3.06. The summed E-state index contributed by atoms with van der Waals surface area (Å²) in [5.41, 5.74) is 2.45. The summed E-state index contributed by atoms with van der Waals surface area (Å²) < 4.78 is 9.16. The lowest BCUT2D eigenvalue weighted by Crippen LogP contribution is -2.18. The normalized spacial score (nSPS) is 15.8. The number of benzene rings is 2. The van der Waals surface area contributed by atoms with Crippen LogP contribution in [-0.2, 0) is 7.05 Å². The van der Waals surface area contributed by atoms with Crippen LogP contribution in [0, 0.1) is 3.95 Å². The van der Waals surface area contributed by atoms with Gasteiger partial charge in [-0.05, 0) is 60.4 Å². The van der Waals surface area contributed by atoms with Crippen LogP contribution in [-0.4, -0.2) is 23.7 Å². The molecule has 0 saturated heterocycles. The smallest absolute Gasteiger partial charge is 0.191 e. The van der Waals surface area contributed by atoms with Crippen LogP contribution >= 0.6 is 58.7 Å². The Balaban J connectivity index is 1.93. The molecule has 0 fully saturated rings. The highest BCUT2D eigenvalue weighted by molar-refractivity contribution is 8.22. The minimum atomic E-state index is -0.189. The average molecular weight is 492 g/mol. The number of nitrogens with zero attached hydrogens (tertiary/aromatic N) is 1. The van der Waals surface area contributed by atoms with E-state index in [0.29, 0.717) is 10.6 Å². The predicted molar refractivity (Wildman–Crippen MR) is 131 cm³/mol. The number of methoxy groups -OCH3 is 1. The number of aromatic nitrogens is 1. The first-order valence-corrected chi connectivity index (χ1v) is 12.7. The monoisotopic (exact) mass is 491 g/mol. The third-order valence-electron chi connectivity index (χ3n) is 4.93. The van der Waals surface area contributed by atoms with Crippen molar-refractivity contribution in [3.8, 4) is 5.75 Å². The first kappa shape index (κ1) is 21.7. The topological polar surface area (TPSA) is 31.2 Å². The summed E-state index contributed by atoms with van der Waals surface area (Å²) >= 11 is 16.4. The van der Waals surface area contributed by atoms with E-state index in [1.807, 2.05) is 42.1 Å². The molecule has 0 radical (unpaired) electrons. The van der Waals surface area contributed by atoms with Crippen molar-refractivity contribution in [3.63, 3.8) is 0 Å². The van der Waals surface area contributed by atoms with E-state index in [9.17, 15) is 4.79 Å². The van der Waals surface area contributed by atoms with Gasteiger partial charge < -0.3 is 9.30 Å². The van der Waals surface area contributed by atoms with E-state index in [1.165, 1.54) is 0 Å². The number of thiazole rings is 1. The molecule has 0 N–H and O–H groups in total. The van der Waals surface area contributed by atoms with E-state index < -0.39 is 0 Å². The lowest BCUT2D eigenvalue weighted by molar-refractivity contribution is 0.102. The summed E-state index contributed by atoms with van der Waals surface area (Å²) in [7, 11) is 3.63. The predicted octanol–water partition coefficient (Wildman–Crippen LogP) is 7.17. The summed E-state index contributed by atoms with van der Waals surface area (Å²) in [4.78, 5) is 14.8. The Morgan fingerprint density at radius 1 is 1.17 bits per heavy atom. The maximum absolute atomic E-state index is 13.7. The van der Waals surface area contributed by atoms with Crippen LogP contribution in [0.2, 0.25) is 5.02 Å². The number of hydrogen-bond donors (Lipinski definition) is 0. The summed E-state index contributed by atoms with van der Waals surface area (Å²) in [5, 5.41) is 1.71. The van der Waals surface area contributed by atoms with Gasteiger partial charge in [0.15, 0.2) is 9.74 Å². The number of carbonyl (C=O) groups excluding carboxylic acids is 1. The Morgan fingerprint density at radius 2 is 1.83 bits per heavy atom. The van der Waals surface area contributed by atoms with E-state index in [-0.39, 0.29) is 11.7 Å². The number of Topliss-reactive ketones (excluding diaryl/α,β-unsaturated/α-hetero) is 1. The van der Waals surface area contributed by atoms with Gasteiger partial charge in [0.25, 0.3) is 0 Å². The molecule has 0 bridgehead atoms. The number of rotatable bonds is 5. The van der Waals surface area contributed by atoms with Gasteiger partial charge in [-0.25, -0.2) is 0 Å². The van der Waals surface area contributed by atoms with Crippen molar-refractivity contribution in [2.24, 2.45) is 7.05 Å². The highest BCUT2D eigenvalue weighted by Crippen LogP contribution is 2.53. The van der Waals surface area contributed by atoms with Crippen molar-refractivity contribution in [2.75, 3.05) is 13.4 Å². The molecule has 3 aromatic rings. The second kappa shape index (κ2) is 8.93. The quantitative estimate of drug-likeness (QED) is 0.279. The van der Waals surface area contributed by atoms with Gasteiger partial charge in [0.2, 0.25) is 0 Å². The summed E-state index contributed by atoms with van der Waals surface area (Å²) in [5.74, 6) is 0.604. The van der Waals surface area contributed by atoms with Gasteiger partial charge in [-0.3, -0.25) is 4.79 Å². The van der Waals surface area contributed by atoms with Crippen LogP contribution in [0.5, 0.6) is 5.75 Å². The molecular weight excluding hydrogens is 474 g/mol. The second-order valence-corrected chi connectivity index (χ2v) is 10.8. The highest BCUT2D eigenvalue weighted by atomic mass is 35.5. The molecule has 3 nitrogen and oxygen atoms in total. The fourth-order valence-corrected chi connectivity index (χ4v) is 7.20. The third-order valence-corrected chi connectivity index (χ3v) is 9.37. The molecule has 0 aliphatic carbocycles. The van der Waals surface area contributed by atoms with Crippen LogP contribution in [0.15, 0.2) is 63.4 Å². The van der Waals surface area contributed by atoms with Crippen molar-refractivity contribution < 1.29 is 9.53 Å². The Hall–Kier alpha value is -1.51. The SMILES string of the molecule is COc1ccc(C2C(C(=O)c3ccc(Cl)cc3)=C(SC)Sc3c2sc(=S)n3C)cc1.